The van der Waals surface area contributed by atoms with Gasteiger partial charge in [-0.3, -0.25) is 9.79 Å². The molecule has 1 aliphatic heterocycles. The first kappa shape index (κ1) is 22.3. The maximum absolute atomic E-state index is 12.6. The van der Waals surface area contributed by atoms with Gasteiger partial charge in [0.25, 0.3) is 0 Å². The SMILES string of the molecule is CCOC(=O)C1=C(C)NC(c2nc(CC(=O)OC)cs2)=NC1c1ccc(Cl)cc1Cl. The average Bonchev–Trinajstić information content (AvgIpc) is 3.16. The number of ether oxygens (including phenoxy) is 2. The molecule has 0 spiro atoms. The van der Waals surface area contributed by atoms with E-state index in [1.807, 2.05) is 0 Å². The van der Waals surface area contributed by atoms with E-state index in [9.17, 15) is 9.59 Å². The van der Waals surface area contributed by atoms with Gasteiger partial charge in [0.15, 0.2) is 10.8 Å². The number of methoxy groups -OCH3 is 1. The summed E-state index contributed by atoms with van der Waals surface area (Å²) in [6, 6.07) is 4.33. The van der Waals surface area contributed by atoms with E-state index in [4.69, 9.17) is 32.9 Å². The van der Waals surface area contributed by atoms with Crippen LogP contribution >= 0.6 is 34.5 Å². The minimum atomic E-state index is -0.696. The number of benzene rings is 1. The highest BCUT2D eigenvalue weighted by Gasteiger charge is 2.32. The van der Waals surface area contributed by atoms with Crippen molar-refractivity contribution in [2.45, 2.75) is 26.3 Å². The van der Waals surface area contributed by atoms with Crippen LogP contribution in [0.3, 0.4) is 0 Å². The molecule has 0 amide bonds. The number of nitrogens with zero attached hydrogens (tertiary/aromatic N) is 2. The van der Waals surface area contributed by atoms with Crippen molar-refractivity contribution in [3.8, 4) is 0 Å². The van der Waals surface area contributed by atoms with Crippen molar-refractivity contribution < 1.29 is 19.1 Å². The van der Waals surface area contributed by atoms with Gasteiger partial charge in [-0.05, 0) is 26.0 Å². The summed E-state index contributed by atoms with van der Waals surface area (Å²) in [7, 11) is 1.33. The number of thiazole rings is 1. The van der Waals surface area contributed by atoms with E-state index >= 15 is 0 Å². The minimum absolute atomic E-state index is 0.0651. The Labute approximate surface area is 187 Å². The second-order valence-electron chi connectivity index (χ2n) is 6.33. The molecule has 30 heavy (non-hydrogen) atoms. The van der Waals surface area contributed by atoms with Crippen LogP contribution in [0.1, 0.15) is 36.2 Å². The molecular formula is C20H19Cl2N3O4S. The molecule has 1 N–H and O–H groups in total. The number of allylic oxidation sites excluding steroid dienone is 1. The Kier molecular flexibility index (Phi) is 7.12. The highest BCUT2D eigenvalue weighted by atomic mass is 35.5. The van der Waals surface area contributed by atoms with Crippen molar-refractivity contribution in [1.29, 1.82) is 0 Å². The van der Waals surface area contributed by atoms with E-state index in [0.29, 0.717) is 43.4 Å². The lowest BCUT2D eigenvalue weighted by atomic mass is 9.96. The molecule has 10 heteroatoms. The van der Waals surface area contributed by atoms with Gasteiger partial charge in [-0.2, -0.15) is 0 Å². The van der Waals surface area contributed by atoms with Gasteiger partial charge in [0.1, 0.15) is 6.04 Å². The molecule has 1 aliphatic rings. The third-order valence-electron chi connectivity index (χ3n) is 4.30. The van der Waals surface area contributed by atoms with Gasteiger partial charge >= 0.3 is 11.9 Å². The first-order chi connectivity index (χ1) is 14.3. The fraction of sp³-hybridized carbons (Fsp3) is 0.300. The zero-order valence-electron chi connectivity index (χ0n) is 16.5. The molecule has 1 atom stereocenters. The van der Waals surface area contributed by atoms with Gasteiger partial charge < -0.3 is 14.8 Å². The second kappa shape index (κ2) is 9.59. The predicted octanol–water partition coefficient (Wildman–Crippen LogP) is 4.09. The van der Waals surface area contributed by atoms with Crippen LogP contribution in [0.15, 0.2) is 39.8 Å². The molecule has 2 heterocycles. The number of hydrogen-bond acceptors (Lipinski definition) is 8. The molecule has 0 aliphatic carbocycles. The summed E-state index contributed by atoms with van der Waals surface area (Å²) in [5, 5.41) is 6.33. The molecule has 0 bridgehead atoms. The number of esters is 2. The molecule has 2 aromatic rings. The first-order valence-corrected chi connectivity index (χ1v) is 10.7. The fourth-order valence-corrected chi connectivity index (χ4v) is 4.20. The van der Waals surface area contributed by atoms with Crippen LogP contribution in [0.2, 0.25) is 10.0 Å². The van der Waals surface area contributed by atoms with Crippen LogP contribution in [0.25, 0.3) is 0 Å². The van der Waals surface area contributed by atoms with Crippen LogP contribution in [0.4, 0.5) is 0 Å². The van der Waals surface area contributed by atoms with Crippen molar-refractivity contribution in [2.75, 3.05) is 13.7 Å². The lowest BCUT2D eigenvalue weighted by molar-refractivity contribution is -0.140. The smallest absolute Gasteiger partial charge is 0.338 e. The lowest BCUT2D eigenvalue weighted by Gasteiger charge is -2.26. The number of aromatic nitrogens is 1. The molecule has 1 aromatic carbocycles. The monoisotopic (exact) mass is 467 g/mol. The molecule has 1 unspecified atom stereocenters. The van der Waals surface area contributed by atoms with E-state index < -0.39 is 12.0 Å². The zero-order chi connectivity index (χ0) is 21.8. The van der Waals surface area contributed by atoms with Gasteiger partial charge in [0.2, 0.25) is 0 Å². The lowest BCUT2D eigenvalue weighted by Crippen LogP contribution is -2.33. The van der Waals surface area contributed by atoms with Crippen LogP contribution in [-0.4, -0.2) is 36.5 Å². The first-order valence-electron chi connectivity index (χ1n) is 9.03. The summed E-state index contributed by atoms with van der Waals surface area (Å²) in [5.41, 5.74) is 2.13. The second-order valence-corrected chi connectivity index (χ2v) is 8.03. The molecule has 3 rings (SSSR count). The van der Waals surface area contributed by atoms with Crippen LogP contribution < -0.4 is 5.32 Å². The van der Waals surface area contributed by atoms with Crippen LogP contribution in [-0.2, 0) is 25.5 Å². The number of carbonyl (C=O) groups is 2. The number of amidine groups is 1. The Bertz CT molecular complexity index is 1050. The Balaban J connectivity index is 2.03. The Morgan fingerprint density at radius 1 is 1.30 bits per heavy atom. The normalized spacial score (nSPS) is 16.0. The van der Waals surface area contributed by atoms with Crippen molar-refractivity contribution in [2.24, 2.45) is 4.99 Å². The van der Waals surface area contributed by atoms with Crippen molar-refractivity contribution >= 4 is 52.3 Å². The zero-order valence-corrected chi connectivity index (χ0v) is 18.8. The van der Waals surface area contributed by atoms with Crippen molar-refractivity contribution in [3.05, 3.63) is 61.2 Å². The third-order valence-corrected chi connectivity index (χ3v) is 5.76. The molecule has 7 nitrogen and oxygen atoms in total. The number of rotatable bonds is 6. The topological polar surface area (TPSA) is 89.9 Å². The van der Waals surface area contributed by atoms with Gasteiger partial charge in [0, 0.05) is 26.7 Å². The predicted molar refractivity (Wildman–Crippen MR) is 116 cm³/mol. The quantitative estimate of drug-likeness (QED) is 0.643. The molecule has 1 aromatic heterocycles. The number of hydrogen-bond donors (Lipinski definition) is 1. The van der Waals surface area contributed by atoms with E-state index in [2.05, 4.69) is 15.0 Å². The molecular weight excluding hydrogens is 449 g/mol. The maximum atomic E-state index is 12.6. The highest BCUT2D eigenvalue weighted by molar-refractivity contribution is 7.11. The Morgan fingerprint density at radius 2 is 2.07 bits per heavy atom. The van der Waals surface area contributed by atoms with Gasteiger partial charge in [-0.15, -0.1) is 11.3 Å². The molecule has 158 valence electrons. The summed E-state index contributed by atoms with van der Waals surface area (Å²) >= 11 is 13.8. The van der Waals surface area contributed by atoms with E-state index in [-0.39, 0.29) is 19.0 Å². The number of carbonyl (C=O) groups excluding carboxylic acids is 2. The summed E-state index contributed by atoms with van der Waals surface area (Å²) in [4.78, 5) is 33.3. The number of nitrogens with one attached hydrogen (secondary N) is 1. The molecule has 0 saturated carbocycles. The number of halogens is 2. The van der Waals surface area contributed by atoms with Gasteiger partial charge in [0.05, 0.1) is 31.4 Å². The average molecular weight is 468 g/mol. The fourth-order valence-electron chi connectivity index (χ4n) is 2.92. The summed E-state index contributed by atoms with van der Waals surface area (Å²) in [6.45, 7) is 3.73. The van der Waals surface area contributed by atoms with E-state index in [1.54, 1.807) is 37.4 Å². The Morgan fingerprint density at radius 3 is 2.73 bits per heavy atom. The minimum Gasteiger partial charge on any atom is -0.469 e. The molecule has 0 fully saturated rings. The largest absolute Gasteiger partial charge is 0.469 e. The maximum Gasteiger partial charge on any atom is 0.338 e. The standard InChI is InChI=1S/C20H19Cl2N3O4S/c1-4-29-20(27)16-10(2)23-18(19-24-12(9-30-19)8-15(26)28-3)25-17(16)13-6-5-11(21)7-14(13)22/h5-7,9,17H,4,8H2,1-3H3,(H,23,25). The highest BCUT2D eigenvalue weighted by Crippen LogP contribution is 2.37. The summed E-state index contributed by atoms with van der Waals surface area (Å²) in [6.07, 6.45) is 0.0651. The van der Waals surface area contributed by atoms with Crippen molar-refractivity contribution in [1.82, 2.24) is 10.3 Å². The van der Waals surface area contributed by atoms with Crippen LogP contribution in [0.5, 0.6) is 0 Å². The summed E-state index contributed by atoms with van der Waals surface area (Å²) in [5.74, 6) is -0.388. The van der Waals surface area contributed by atoms with Gasteiger partial charge in [-0.25, -0.2) is 9.78 Å². The van der Waals surface area contributed by atoms with E-state index in [1.165, 1.54) is 18.4 Å². The van der Waals surface area contributed by atoms with E-state index in [0.717, 1.165) is 0 Å². The van der Waals surface area contributed by atoms with Gasteiger partial charge in [-0.1, -0.05) is 29.3 Å². The molecule has 0 radical (unpaired) electrons. The van der Waals surface area contributed by atoms with Crippen molar-refractivity contribution in [3.63, 3.8) is 0 Å². The number of aliphatic imine (C=N–C) groups is 1. The Hall–Kier alpha value is -2.42. The molecule has 0 saturated heterocycles. The van der Waals surface area contributed by atoms with Crippen LogP contribution in [0, 0.1) is 0 Å². The third kappa shape index (κ3) is 4.83. The summed E-state index contributed by atoms with van der Waals surface area (Å²) < 4.78 is 9.91.